The van der Waals surface area contributed by atoms with E-state index in [1.807, 2.05) is 0 Å². The lowest BCUT2D eigenvalue weighted by atomic mass is 10.1. The summed E-state index contributed by atoms with van der Waals surface area (Å²) in [5, 5.41) is 12.4. The maximum atomic E-state index is 13.0. The van der Waals surface area contributed by atoms with Gasteiger partial charge in [-0.05, 0) is 36.4 Å². The van der Waals surface area contributed by atoms with E-state index in [0.29, 0.717) is 10.7 Å². The van der Waals surface area contributed by atoms with E-state index in [0.717, 1.165) is 18.2 Å². The van der Waals surface area contributed by atoms with Gasteiger partial charge in [-0.3, -0.25) is 4.79 Å². The molecule has 0 aliphatic rings. The van der Waals surface area contributed by atoms with Gasteiger partial charge in [0.05, 0.1) is 16.9 Å². The molecule has 4 nitrogen and oxygen atoms in total. The molecule has 0 saturated heterocycles. The molecule has 0 aromatic heterocycles. The molecule has 2 rings (SSSR count). The number of hydrogen-bond donors (Lipinski definition) is 3. The number of amides is 1. The molecule has 0 radical (unpaired) electrons. The molecule has 2 aromatic carbocycles. The SMILES string of the molecule is Nc1cc(Cl)ccc1NC(=O)c1cc(F)ccc1O. The van der Waals surface area contributed by atoms with Gasteiger partial charge < -0.3 is 16.2 Å². The van der Waals surface area contributed by atoms with Crippen molar-refractivity contribution in [3.8, 4) is 5.75 Å². The third kappa shape index (κ3) is 2.95. The van der Waals surface area contributed by atoms with Gasteiger partial charge in [-0.2, -0.15) is 0 Å². The molecule has 2 aromatic rings. The van der Waals surface area contributed by atoms with Crippen LogP contribution in [0.5, 0.6) is 5.75 Å². The quantitative estimate of drug-likeness (QED) is 0.740. The molecule has 19 heavy (non-hydrogen) atoms. The van der Waals surface area contributed by atoms with Gasteiger partial charge in [0.25, 0.3) is 5.91 Å². The van der Waals surface area contributed by atoms with E-state index in [-0.39, 0.29) is 17.0 Å². The first kappa shape index (κ1) is 13.2. The van der Waals surface area contributed by atoms with Gasteiger partial charge >= 0.3 is 0 Å². The Labute approximate surface area is 113 Å². The van der Waals surface area contributed by atoms with Gasteiger partial charge in [-0.15, -0.1) is 0 Å². The Balaban J connectivity index is 2.28. The normalized spacial score (nSPS) is 10.2. The number of hydrogen-bond acceptors (Lipinski definition) is 3. The second-order valence-corrected chi connectivity index (χ2v) is 4.28. The minimum absolute atomic E-state index is 0.172. The number of aromatic hydroxyl groups is 1. The van der Waals surface area contributed by atoms with E-state index >= 15 is 0 Å². The Kier molecular flexibility index (Phi) is 3.57. The predicted molar refractivity (Wildman–Crippen MR) is 71.9 cm³/mol. The standard InChI is InChI=1S/C13H10ClFN2O2/c14-7-1-3-11(10(16)5-7)17-13(19)9-6-8(15)2-4-12(9)18/h1-6,18H,16H2,(H,17,19). The number of nitrogen functional groups attached to an aromatic ring is 1. The van der Waals surface area contributed by atoms with Crippen LogP contribution in [0.15, 0.2) is 36.4 Å². The largest absolute Gasteiger partial charge is 0.507 e. The number of phenols is 1. The molecule has 0 bridgehead atoms. The highest BCUT2D eigenvalue weighted by Crippen LogP contribution is 2.25. The number of anilines is 2. The maximum absolute atomic E-state index is 13.0. The van der Waals surface area contributed by atoms with Gasteiger partial charge in [-0.25, -0.2) is 4.39 Å². The molecule has 4 N–H and O–H groups in total. The van der Waals surface area contributed by atoms with Crippen LogP contribution in [0.3, 0.4) is 0 Å². The molecule has 98 valence electrons. The monoisotopic (exact) mass is 280 g/mol. The molecule has 0 spiro atoms. The lowest BCUT2D eigenvalue weighted by Crippen LogP contribution is -2.13. The van der Waals surface area contributed by atoms with Crippen molar-refractivity contribution in [3.63, 3.8) is 0 Å². The highest BCUT2D eigenvalue weighted by Gasteiger charge is 2.13. The Morgan fingerprint density at radius 2 is 2.00 bits per heavy atom. The molecular formula is C13H10ClFN2O2. The van der Waals surface area contributed by atoms with E-state index < -0.39 is 11.7 Å². The first-order chi connectivity index (χ1) is 8.97. The van der Waals surface area contributed by atoms with Crippen molar-refractivity contribution in [1.82, 2.24) is 0 Å². The zero-order valence-corrected chi connectivity index (χ0v) is 10.4. The summed E-state index contributed by atoms with van der Waals surface area (Å²) in [5.41, 5.74) is 6.11. The highest BCUT2D eigenvalue weighted by atomic mass is 35.5. The summed E-state index contributed by atoms with van der Waals surface area (Å²) >= 11 is 5.73. The number of rotatable bonds is 2. The molecule has 0 saturated carbocycles. The van der Waals surface area contributed by atoms with Crippen molar-refractivity contribution >= 4 is 28.9 Å². The van der Waals surface area contributed by atoms with Gasteiger partial charge in [0, 0.05) is 5.02 Å². The smallest absolute Gasteiger partial charge is 0.259 e. The first-order valence-electron chi connectivity index (χ1n) is 5.32. The fraction of sp³-hybridized carbons (Fsp3) is 0. The summed E-state index contributed by atoms with van der Waals surface area (Å²) in [6.45, 7) is 0. The Morgan fingerprint density at radius 1 is 1.26 bits per heavy atom. The fourth-order valence-electron chi connectivity index (χ4n) is 1.53. The van der Waals surface area contributed by atoms with E-state index in [1.54, 1.807) is 6.07 Å². The third-order valence-corrected chi connectivity index (χ3v) is 2.70. The molecule has 1 amide bonds. The molecule has 0 heterocycles. The topological polar surface area (TPSA) is 75.3 Å². The van der Waals surface area contributed by atoms with Crippen LogP contribution in [0.4, 0.5) is 15.8 Å². The number of benzene rings is 2. The van der Waals surface area contributed by atoms with E-state index in [2.05, 4.69) is 5.32 Å². The number of phenolic OH excluding ortho intramolecular Hbond substituents is 1. The average molecular weight is 281 g/mol. The molecular weight excluding hydrogens is 271 g/mol. The molecule has 0 fully saturated rings. The van der Waals surface area contributed by atoms with Crippen molar-refractivity contribution in [2.24, 2.45) is 0 Å². The van der Waals surface area contributed by atoms with Crippen LogP contribution in [0.1, 0.15) is 10.4 Å². The minimum Gasteiger partial charge on any atom is -0.507 e. The summed E-state index contributed by atoms with van der Waals surface area (Å²) in [5.74, 6) is -1.59. The Morgan fingerprint density at radius 3 is 2.68 bits per heavy atom. The van der Waals surface area contributed by atoms with Gasteiger partial charge in [0.2, 0.25) is 0 Å². The maximum Gasteiger partial charge on any atom is 0.259 e. The number of carbonyl (C=O) groups is 1. The average Bonchev–Trinajstić information content (AvgIpc) is 2.35. The van der Waals surface area contributed by atoms with Crippen LogP contribution in [0, 0.1) is 5.82 Å². The van der Waals surface area contributed by atoms with Crippen molar-refractivity contribution in [1.29, 1.82) is 0 Å². The predicted octanol–water partition coefficient (Wildman–Crippen LogP) is 3.02. The van der Waals surface area contributed by atoms with Gasteiger partial charge in [-0.1, -0.05) is 11.6 Å². The van der Waals surface area contributed by atoms with E-state index in [4.69, 9.17) is 17.3 Å². The molecule has 0 aliphatic carbocycles. The van der Waals surface area contributed by atoms with Crippen LogP contribution in [0.25, 0.3) is 0 Å². The summed E-state index contributed by atoms with van der Waals surface area (Å²) in [6.07, 6.45) is 0. The Hall–Kier alpha value is -2.27. The Bertz CT molecular complexity index is 647. The van der Waals surface area contributed by atoms with Crippen LogP contribution in [0.2, 0.25) is 5.02 Å². The van der Waals surface area contributed by atoms with Crippen molar-refractivity contribution in [2.45, 2.75) is 0 Å². The second-order valence-electron chi connectivity index (χ2n) is 3.85. The summed E-state index contributed by atoms with van der Waals surface area (Å²) < 4.78 is 13.0. The summed E-state index contributed by atoms with van der Waals surface area (Å²) in [7, 11) is 0. The fourth-order valence-corrected chi connectivity index (χ4v) is 1.71. The zero-order valence-electron chi connectivity index (χ0n) is 9.65. The van der Waals surface area contributed by atoms with Crippen molar-refractivity contribution < 1.29 is 14.3 Å². The lowest BCUT2D eigenvalue weighted by Gasteiger charge is -2.09. The minimum atomic E-state index is -0.661. The third-order valence-electron chi connectivity index (χ3n) is 2.47. The lowest BCUT2D eigenvalue weighted by molar-refractivity contribution is 0.102. The molecule has 0 unspecified atom stereocenters. The molecule has 6 heteroatoms. The van der Waals surface area contributed by atoms with E-state index in [9.17, 15) is 14.3 Å². The van der Waals surface area contributed by atoms with Crippen LogP contribution < -0.4 is 11.1 Å². The van der Waals surface area contributed by atoms with Crippen LogP contribution >= 0.6 is 11.6 Å². The second kappa shape index (κ2) is 5.16. The number of carbonyl (C=O) groups excluding carboxylic acids is 1. The van der Waals surface area contributed by atoms with Crippen molar-refractivity contribution in [2.75, 3.05) is 11.1 Å². The zero-order chi connectivity index (χ0) is 14.0. The summed E-state index contributed by atoms with van der Waals surface area (Å²) in [4.78, 5) is 11.9. The van der Waals surface area contributed by atoms with Gasteiger partial charge in [0.1, 0.15) is 11.6 Å². The first-order valence-corrected chi connectivity index (χ1v) is 5.70. The van der Waals surface area contributed by atoms with Crippen LogP contribution in [-0.4, -0.2) is 11.0 Å². The molecule has 0 atom stereocenters. The number of nitrogens with one attached hydrogen (secondary N) is 1. The van der Waals surface area contributed by atoms with Crippen LogP contribution in [-0.2, 0) is 0 Å². The van der Waals surface area contributed by atoms with Crippen molar-refractivity contribution in [3.05, 3.63) is 52.8 Å². The molecule has 0 aliphatic heterocycles. The summed E-state index contributed by atoms with van der Waals surface area (Å²) in [6, 6.07) is 7.66. The van der Waals surface area contributed by atoms with E-state index in [1.165, 1.54) is 12.1 Å². The highest BCUT2D eigenvalue weighted by molar-refractivity contribution is 6.31. The number of nitrogens with two attached hydrogens (primary N) is 1. The number of halogens is 2. The van der Waals surface area contributed by atoms with Gasteiger partial charge in [0.15, 0.2) is 0 Å².